The zero-order valence-corrected chi connectivity index (χ0v) is 19.2. The van der Waals surface area contributed by atoms with Crippen molar-refractivity contribution in [3.05, 3.63) is 33.4 Å². The molecule has 2 fully saturated rings. The second kappa shape index (κ2) is 7.99. The largest absolute Gasteiger partial charge is 0.295 e. The van der Waals surface area contributed by atoms with Crippen molar-refractivity contribution in [2.75, 3.05) is 33.7 Å². The first kappa shape index (κ1) is 21.1. The first-order valence-electron chi connectivity index (χ1n) is 11.4. The van der Waals surface area contributed by atoms with Gasteiger partial charge in [0.05, 0.1) is 11.3 Å². The third kappa shape index (κ3) is 3.73. The Hall–Kier alpha value is -1.75. The number of fused-ring (bicyclic) bond motifs is 2. The molecule has 4 heterocycles. The quantitative estimate of drug-likeness (QED) is 0.761. The van der Waals surface area contributed by atoms with Crippen LogP contribution in [0.2, 0.25) is 0 Å². The van der Waals surface area contributed by atoms with Gasteiger partial charge in [-0.15, -0.1) is 0 Å². The van der Waals surface area contributed by atoms with E-state index in [9.17, 15) is 13.2 Å². The Morgan fingerprint density at radius 1 is 1.13 bits per heavy atom. The second-order valence-electron chi connectivity index (χ2n) is 9.39. The van der Waals surface area contributed by atoms with Crippen molar-refractivity contribution in [1.29, 1.82) is 0 Å². The summed E-state index contributed by atoms with van der Waals surface area (Å²) in [4.78, 5) is 20.6. The van der Waals surface area contributed by atoms with E-state index in [0.717, 1.165) is 42.8 Å². The SMILES string of the molecule is CN(C)S(=O)(=O)N1CCC[C@@H](c2cc3nc4c(c(=O)n3[nH]2)CN(C2CCCC2)CC4)C1. The maximum absolute atomic E-state index is 13.3. The zero-order chi connectivity index (χ0) is 21.8. The molecule has 0 bridgehead atoms. The molecule has 31 heavy (non-hydrogen) atoms. The summed E-state index contributed by atoms with van der Waals surface area (Å²) < 4.78 is 29.5. The third-order valence-corrected chi connectivity index (χ3v) is 9.17. The molecule has 1 aliphatic carbocycles. The maximum atomic E-state index is 13.3. The number of hydrogen-bond donors (Lipinski definition) is 1. The van der Waals surface area contributed by atoms with E-state index in [4.69, 9.17) is 4.98 Å². The number of H-pyrrole nitrogens is 1. The predicted molar refractivity (Wildman–Crippen MR) is 118 cm³/mol. The molecule has 10 heteroatoms. The first-order chi connectivity index (χ1) is 14.8. The number of rotatable bonds is 4. The van der Waals surface area contributed by atoms with Gasteiger partial charge in [0.1, 0.15) is 0 Å². The molecule has 2 aliphatic heterocycles. The molecule has 2 aromatic heterocycles. The van der Waals surface area contributed by atoms with E-state index in [0.29, 0.717) is 31.3 Å². The summed E-state index contributed by atoms with van der Waals surface area (Å²) in [5, 5.41) is 3.26. The van der Waals surface area contributed by atoms with Crippen molar-refractivity contribution >= 4 is 15.9 Å². The van der Waals surface area contributed by atoms with E-state index >= 15 is 0 Å². The van der Waals surface area contributed by atoms with Gasteiger partial charge in [-0.1, -0.05) is 12.8 Å². The molecular weight excluding hydrogens is 416 g/mol. The van der Waals surface area contributed by atoms with Crippen LogP contribution in [0.3, 0.4) is 0 Å². The fourth-order valence-corrected chi connectivity index (χ4v) is 6.64. The topological polar surface area (TPSA) is 94.0 Å². The molecule has 0 spiro atoms. The van der Waals surface area contributed by atoms with Gasteiger partial charge < -0.3 is 0 Å². The highest BCUT2D eigenvalue weighted by molar-refractivity contribution is 7.86. The Morgan fingerprint density at radius 2 is 1.90 bits per heavy atom. The Labute approximate surface area is 183 Å². The molecule has 1 N–H and O–H groups in total. The zero-order valence-electron chi connectivity index (χ0n) is 18.4. The molecule has 0 amide bonds. The smallest absolute Gasteiger partial charge is 0.281 e. The van der Waals surface area contributed by atoms with Crippen LogP contribution in [0.5, 0.6) is 0 Å². The average Bonchev–Trinajstić information content (AvgIpc) is 3.44. The summed E-state index contributed by atoms with van der Waals surface area (Å²) in [6, 6.07) is 2.53. The van der Waals surface area contributed by atoms with E-state index < -0.39 is 10.2 Å². The van der Waals surface area contributed by atoms with Crippen molar-refractivity contribution in [1.82, 2.24) is 28.1 Å². The standard InChI is InChI=1S/C21H32N6O3S/c1-24(2)31(29,30)26-10-5-6-15(13-26)19-12-20-22-18-9-11-25(16-7-3-4-8-16)14-17(18)21(28)27(20)23-19/h12,15-16,23H,3-11,13-14H2,1-2H3/t15-/m1/s1. The van der Waals surface area contributed by atoms with Crippen LogP contribution in [0.25, 0.3) is 5.65 Å². The molecule has 1 saturated heterocycles. The van der Waals surface area contributed by atoms with E-state index in [1.807, 2.05) is 6.07 Å². The van der Waals surface area contributed by atoms with Crippen LogP contribution in [-0.2, 0) is 23.2 Å². The molecule has 1 atom stereocenters. The highest BCUT2D eigenvalue weighted by Gasteiger charge is 2.33. The van der Waals surface area contributed by atoms with E-state index in [-0.39, 0.29) is 11.5 Å². The summed E-state index contributed by atoms with van der Waals surface area (Å²) in [7, 11) is -0.323. The molecule has 0 unspecified atom stereocenters. The highest BCUT2D eigenvalue weighted by atomic mass is 32.2. The highest BCUT2D eigenvalue weighted by Crippen LogP contribution is 2.30. The van der Waals surface area contributed by atoms with Crippen LogP contribution < -0.4 is 5.56 Å². The average molecular weight is 449 g/mol. The van der Waals surface area contributed by atoms with Gasteiger partial charge in [0.15, 0.2) is 5.65 Å². The van der Waals surface area contributed by atoms with Crippen molar-refractivity contribution in [2.24, 2.45) is 0 Å². The number of piperidine rings is 1. The fraction of sp³-hybridized carbons (Fsp3) is 0.714. The van der Waals surface area contributed by atoms with Crippen molar-refractivity contribution in [3.8, 4) is 0 Å². The molecule has 1 saturated carbocycles. The van der Waals surface area contributed by atoms with Crippen LogP contribution in [0.4, 0.5) is 0 Å². The number of hydrogen-bond acceptors (Lipinski definition) is 5. The van der Waals surface area contributed by atoms with Gasteiger partial charge in [-0.3, -0.25) is 14.8 Å². The molecule has 0 aromatic carbocycles. The molecule has 9 nitrogen and oxygen atoms in total. The normalized spacial score (nSPS) is 24.3. The van der Waals surface area contributed by atoms with E-state index in [1.54, 1.807) is 18.6 Å². The lowest BCUT2D eigenvalue weighted by Gasteiger charge is -2.33. The predicted octanol–water partition coefficient (Wildman–Crippen LogP) is 1.31. The lowest BCUT2D eigenvalue weighted by Crippen LogP contribution is -2.45. The number of nitrogens with one attached hydrogen (secondary N) is 1. The first-order valence-corrected chi connectivity index (χ1v) is 12.8. The van der Waals surface area contributed by atoms with Crippen molar-refractivity contribution in [2.45, 2.75) is 63.5 Å². The minimum absolute atomic E-state index is 0.0116. The minimum Gasteiger partial charge on any atom is -0.295 e. The number of aromatic amines is 1. The third-order valence-electron chi connectivity index (χ3n) is 7.26. The van der Waals surface area contributed by atoms with Crippen molar-refractivity contribution in [3.63, 3.8) is 0 Å². The van der Waals surface area contributed by atoms with Crippen LogP contribution in [0.15, 0.2) is 10.9 Å². The summed E-state index contributed by atoms with van der Waals surface area (Å²) in [5.74, 6) is 0.0246. The Bertz CT molecular complexity index is 1130. The van der Waals surface area contributed by atoms with Crippen molar-refractivity contribution < 1.29 is 8.42 Å². The van der Waals surface area contributed by atoms with Gasteiger partial charge in [-0.2, -0.15) is 17.0 Å². The second-order valence-corrected chi connectivity index (χ2v) is 11.5. The Morgan fingerprint density at radius 3 is 2.65 bits per heavy atom. The summed E-state index contributed by atoms with van der Waals surface area (Å²) >= 11 is 0. The van der Waals surface area contributed by atoms with Gasteiger partial charge in [-0.05, 0) is 25.7 Å². The lowest BCUT2D eigenvalue weighted by atomic mass is 9.96. The number of nitrogens with zero attached hydrogens (tertiary/aromatic N) is 5. The van der Waals surface area contributed by atoms with E-state index in [2.05, 4.69) is 10.00 Å². The Kier molecular flexibility index (Phi) is 5.44. The fourth-order valence-electron chi connectivity index (χ4n) is 5.45. The molecular formula is C21H32N6O3S. The van der Waals surface area contributed by atoms with Crippen LogP contribution in [-0.4, -0.2) is 76.3 Å². The van der Waals surface area contributed by atoms with Gasteiger partial charge >= 0.3 is 0 Å². The van der Waals surface area contributed by atoms with Crippen LogP contribution in [0, 0.1) is 0 Å². The summed E-state index contributed by atoms with van der Waals surface area (Å²) in [5.41, 5.74) is 3.25. The lowest BCUT2D eigenvalue weighted by molar-refractivity contribution is 0.178. The summed E-state index contributed by atoms with van der Waals surface area (Å²) in [6.45, 7) is 2.59. The Balaban J connectivity index is 1.43. The molecule has 2 aromatic rings. The summed E-state index contributed by atoms with van der Waals surface area (Å²) in [6.07, 6.45) is 7.52. The maximum Gasteiger partial charge on any atom is 0.281 e. The van der Waals surface area contributed by atoms with E-state index in [1.165, 1.54) is 34.3 Å². The molecule has 0 radical (unpaired) electrons. The van der Waals surface area contributed by atoms with Crippen LogP contribution in [0.1, 0.15) is 61.4 Å². The van der Waals surface area contributed by atoms with Gasteiger partial charge in [0.2, 0.25) is 0 Å². The molecule has 5 rings (SSSR count). The van der Waals surface area contributed by atoms with Crippen LogP contribution >= 0.6 is 0 Å². The van der Waals surface area contributed by atoms with Gasteiger partial charge in [0.25, 0.3) is 15.8 Å². The molecule has 3 aliphatic rings. The molecule has 170 valence electrons. The van der Waals surface area contributed by atoms with Gasteiger partial charge in [-0.25, -0.2) is 9.50 Å². The van der Waals surface area contributed by atoms with Gasteiger partial charge in [0, 0.05) is 70.4 Å². The minimum atomic E-state index is -3.44. The number of aromatic nitrogens is 3. The monoisotopic (exact) mass is 448 g/mol.